The van der Waals surface area contributed by atoms with Gasteiger partial charge in [0, 0.05) is 36.7 Å². The van der Waals surface area contributed by atoms with Gasteiger partial charge >= 0.3 is 6.18 Å². The summed E-state index contributed by atoms with van der Waals surface area (Å²) in [4.78, 5) is 16.9. The van der Waals surface area contributed by atoms with E-state index in [1.54, 1.807) is 47.1 Å². The number of hydrogen-bond donors (Lipinski definition) is 3. The molecule has 0 saturated heterocycles. The molecule has 9 nitrogen and oxygen atoms in total. The lowest BCUT2D eigenvalue weighted by Gasteiger charge is -2.13. The van der Waals surface area contributed by atoms with Crippen LogP contribution in [0.5, 0.6) is 0 Å². The van der Waals surface area contributed by atoms with E-state index in [1.807, 2.05) is 0 Å². The molecule has 0 amide bonds. The Hall–Kier alpha value is -4.19. The molecule has 0 fully saturated rings. The molecule has 0 aliphatic carbocycles. The number of rotatable bonds is 8. The van der Waals surface area contributed by atoms with E-state index >= 15 is 0 Å². The Morgan fingerprint density at radius 3 is 2.36 bits per heavy atom. The summed E-state index contributed by atoms with van der Waals surface area (Å²) in [6, 6.07) is 8.06. The van der Waals surface area contributed by atoms with Gasteiger partial charge in [-0.05, 0) is 24.3 Å². The topological polar surface area (TPSA) is 116 Å². The zero-order valence-corrected chi connectivity index (χ0v) is 17.0. The number of pyridine rings is 1. The highest BCUT2D eigenvalue weighted by Gasteiger charge is 2.30. The molecule has 4 rings (SSSR count). The normalized spacial score (nSPS) is 11.3. The highest BCUT2D eigenvalue weighted by molar-refractivity contribution is 5.70. The van der Waals surface area contributed by atoms with Crippen LogP contribution in [0.4, 0.5) is 30.6 Å². The van der Waals surface area contributed by atoms with Crippen LogP contribution in [0.1, 0.15) is 5.56 Å². The fraction of sp³-hybridized carbons (Fsp3) is 0.143. The van der Waals surface area contributed by atoms with Gasteiger partial charge in [-0.1, -0.05) is 12.1 Å². The summed E-state index contributed by atoms with van der Waals surface area (Å²) in [6.07, 6.45) is 3.42. The maximum atomic E-state index is 12.9. The second kappa shape index (κ2) is 9.53. The highest BCUT2D eigenvalue weighted by Crippen LogP contribution is 2.32. The van der Waals surface area contributed by atoms with Crippen molar-refractivity contribution in [2.24, 2.45) is 0 Å². The molecule has 0 spiro atoms. The number of halogens is 3. The molecule has 3 aromatic heterocycles. The van der Waals surface area contributed by atoms with E-state index in [9.17, 15) is 18.4 Å². The number of aromatic nitrogens is 5. The van der Waals surface area contributed by atoms with Crippen molar-refractivity contribution in [1.29, 1.82) is 0 Å². The molecule has 4 aromatic rings. The second-order valence-electron chi connectivity index (χ2n) is 6.86. The zero-order chi connectivity index (χ0) is 23.3. The molecule has 0 aliphatic rings. The van der Waals surface area contributed by atoms with Gasteiger partial charge in [0.05, 0.1) is 35.7 Å². The minimum atomic E-state index is -4.42. The second-order valence-corrected chi connectivity index (χ2v) is 6.86. The van der Waals surface area contributed by atoms with Crippen LogP contribution in [-0.2, 0) is 6.18 Å². The average Bonchev–Trinajstić information content (AvgIpc) is 3.36. The number of nitrogens with one attached hydrogen (secondary N) is 3. The third kappa shape index (κ3) is 5.36. The number of imidazole rings is 1. The van der Waals surface area contributed by atoms with Crippen LogP contribution in [0, 0.1) is 5.21 Å². The number of anilines is 3. The van der Waals surface area contributed by atoms with Crippen molar-refractivity contribution in [3.05, 3.63) is 78.3 Å². The van der Waals surface area contributed by atoms with Crippen LogP contribution < -0.4 is 16.1 Å². The molecule has 0 atom stereocenters. The number of hydrogen-bond acceptors (Lipinski definition) is 8. The Morgan fingerprint density at radius 2 is 1.73 bits per heavy atom. The standard InChI is InChI=1S/C21H18F3N8O/c22-21(23,24)15-3-1-14(2-4-15)19-17(32-10-9-25-13-32)12-29-20(30-19)27-8-7-26-18-6-5-16(31-33)11-28-18/h1-6,9-13,31H,7-8H2,(H,26,28)(H,27,29,30)/q-1. The Bertz CT molecular complexity index is 1180. The van der Waals surface area contributed by atoms with E-state index in [1.165, 1.54) is 18.3 Å². The molecule has 3 heterocycles. The quantitative estimate of drug-likeness (QED) is 0.268. The van der Waals surface area contributed by atoms with Crippen LogP contribution in [-0.4, -0.2) is 37.6 Å². The summed E-state index contributed by atoms with van der Waals surface area (Å²) in [7, 11) is 0. The number of alkyl halides is 3. The van der Waals surface area contributed by atoms with Crippen LogP contribution >= 0.6 is 0 Å². The van der Waals surface area contributed by atoms with Crippen LogP contribution in [0.2, 0.25) is 0 Å². The first-order valence-corrected chi connectivity index (χ1v) is 9.79. The summed E-state index contributed by atoms with van der Waals surface area (Å²) in [6.45, 7) is 0.930. The van der Waals surface area contributed by atoms with Crippen molar-refractivity contribution < 1.29 is 13.2 Å². The van der Waals surface area contributed by atoms with E-state index < -0.39 is 11.7 Å². The van der Waals surface area contributed by atoms with Gasteiger partial charge in [-0.25, -0.2) is 19.9 Å². The van der Waals surface area contributed by atoms with Gasteiger partial charge in [-0.2, -0.15) is 13.2 Å². The summed E-state index contributed by atoms with van der Waals surface area (Å²) >= 11 is 0. The molecule has 0 bridgehead atoms. The van der Waals surface area contributed by atoms with Gasteiger partial charge in [0.15, 0.2) is 0 Å². The molecule has 0 unspecified atom stereocenters. The van der Waals surface area contributed by atoms with Crippen molar-refractivity contribution in [3.63, 3.8) is 0 Å². The lowest BCUT2D eigenvalue weighted by Crippen LogP contribution is -2.16. The molecule has 1 aromatic carbocycles. The SMILES string of the molecule is [O-]Nc1ccc(NCCNc2ncc(-n3ccnc3)c(-c3ccc(C(F)(F)F)cc3)n2)nc1. The lowest BCUT2D eigenvalue weighted by atomic mass is 10.1. The van der Waals surface area contributed by atoms with Gasteiger partial charge in [0.2, 0.25) is 5.95 Å². The van der Waals surface area contributed by atoms with Crippen LogP contribution in [0.15, 0.2) is 67.5 Å². The monoisotopic (exact) mass is 455 g/mol. The fourth-order valence-electron chi connectivity index (χ4n) is 3.00. The van der Waals surface area contributed by atoms with Gasteiger partial charge in [0.1, 0.15) is 5.82 Å². The maximum Gasteiger partial charge on any atom is 0.416 e. The smallest absolute Gasteiger partial charge is 0.416 e. The molecule has 0 aliphatic heterocycles. The van der Waals surface area contributed by atoms with Crippen LogP contribution in [0.3, 0.4) is 0 Å². The Morgan fingerprint density at radius 1 is 0.939 bits per heavy atom. The molecular weight excluding hydrogens is 437 g/mol. The third-order valence-electron chi connectivity index (χ3n) is 4.63. The van der Waals surface area contributed by atoms with E-state index in [4.69, 9.17) is 0 Å². The molecule has 3 N–H and O–H groups in total. The number of nitrogens with zero attached hydrogens (tertiary/aromatic N) is 5. The molecule has 12 heteroatoms. The van der Waals surface area contributed by atoms with Crippen molar-refractivity contribution in [3.8, 4) is 16.9 Å². The first-order valence-electron chi connectivity index (χ1n) is 9.79. The van der Waals surface area contributed by atoms with Crippen molar-refractivity contribution in [2.75, 3.05) is 29.2 Å². The average molecular weight is 455 g/mol. The largest absolute Gasteiger partial charge is 0.761 e. The van der Waals surface area contributed by atoms with Gasteiger partial charge < -0.3 is 25.9 Å². The minimum Gasteiger partial charge on any atom is -0.761 e. The van der Waals surface area contributed by atoms with E-state index in [0.29, 0.717) is 47.5 Å². The maximum absolute atomic E-state index is 12.9. The zero-order valence-electron chi connectivity index (χ0n) is 17.0. The number of benzene rings is 1. The van der Waals surface area contributed by atoms with E-state index in [-0.39, 0.29) is 0 Å². The predicted molar refractivity (Wildman–Crippen MR) is 118 cm³/mol. The highest BCUT2D eigenvalue weighted by atomic mass is 19.4. The van der Waals surface area contributed by atoms with Gasteiger partial charge in [0.25, 0.3) is 0 Å². The third-order valence-corrected chi connectivity index (χ3v) is 4.63. The summed E-state index contributed by atoms with van der Waals surface area (Å²) in [5.74, 6) is 0.909. The first-order chi connectivity index (χ1) is 15.9. The lowest BCUT2D eigenvalue weighted by molar-refractivity contribution is -0.137. The van der Waals surface area contributed by atoms with Crippen molar-refractivity contribution in [2.45, 2.75) is 6.18 Å². The van der Waals surface area contributed by atoms with Crippen molar-refractivity contribution >= 4 is 17.5 Å². The Labute approximate surface area is 186 Å². The first kappa shape index (κ1) is 22.0. The van der Waals surface area contributed by atoms with E-state index in [2.05, 4.69) is 30.6 Å². The molecule has 170 valence electrons. The molecular formula is C21H18F3N8O-. The fourth-order valence-corrected chi connectivity index (χ4v) is 3.00. The van der Waals surface area contributed by atoms with Crippen LogP contribution in [0.25, 0.3) is 16.9 Å². The summed E-state index contributed by atoms with van der Waals surface area (Å²) in [5.41, 5.74) is 2.92. The molecule has 0 saturated carbocycles. The van der Waals surface area contributed by atoms with Gasteiger partial charge in [-0.15, -0.1) is 0 Å². The summed E-state index contributed by atoms with van der Waals surface area (Å²) < 4.78 is 40.5. The van der Waals surface area contributed by atoms with Gasteiger partial charge in [-0.3, -0.25) is 0 Å². The summed E-state index contributed by atoms with van der Waals surface area (Å²) in [5, 5.41) is 16.7. The minimum absolute atomic E-state index is 0.314. The molecule has 0 radical (unpaired) electrons. The predicted octanol–water partition coefficient (Wildman–Crippen LogP) is 4.18. The van der Waals surface area contributed by atoms with E-state index in [0.717, 1.165) is 12.1 Å². The van der Waals surface area contributed by atoms with Crippen molar-refractivity contribution in [1.82, 2.24) is 24.5 Å². The Kier molecular flexibility index (Phi) is 6.36. The molecule has 33 heavy (non-hydrogen) atoms. The Balaban J connectivity index is 1.50.